The van der Waals surface area contributed by atoms with E-state index in [2.05, 4.69) is 9.69 Å². The molecule has 0 unspecified atom stereocenters. The van der Waals surface area contributed by atoms with Gasteiger partial charge in [0.25, 0.3) is 0 Å². The lowest BCUT2D eigenvalue weighted by Crippen LogP contribution is -1.94. The van der Waals surface area contributed by atoms with Gasteiger partial charge in [-0.15, -0.1) is 0 Å². The van der Waals surface area contributed by atoms with E-state index >= 15 is 0 Å². The lowest BCUT2D eigenvalue weighted by Gasteiger charge is -2.10. The van der Waals surface area contributed by atoms with Crippen molar-refractivity contribution in [3.63, 3.8) is 0 Å². The molecule has 0 aliphatic heterocycles. The van der Waals surface area contributed by atoms with E-state index in [1.807, 2.05) is 12.1 Å². The van der Waals surface area contributed by atoms with E-state index < -0.39 is 0 Å². The molecule has 0 aromatic heterocycles. The van der Waals surface area contributed by atoms with Crippen molar-refractivity contribution in [1.82, 2.24) is 0 Å². The normalized spacial score (nSPS) is 12.7. The van der Waals surface area contributed by atoms with Crippen molar-refractivity contribution in [3.8, 4) is 36.4 Å². The molecule has 8 nitrogen and oxygen atoms in total. The number of hydrogen-bond acceptors (Lipinski definition) is 6. The van der Waals surface area contributed by atoms with Crippen LogP contribution < -0.4 is 0 Å². The average molecular weight is 378 g/mol. The van der Waals surface area contributed by atoms with Gasteiger partial charge in [0.2, 0.25) is 11.4 Å². The van der Waals surface area contributed by atoms with Gasteiger partial charge in [0.05, 0.1) is 24.3 Å². The van der Waals surface area contributed by atoms with E-state index in [-0.39, 0.29) is 67.1 Å². The standard InChI is InChI=1S/C22H2N8/c1-29-21-16-3-13-14(4-15(16)20(22(21)30-2)12(7-25)8-26)19(11(5-23)6-24)18(10-28)17(13)9-27/h3-4H. The molecule has 1 aromatic rings. The number of rotatable bonds is 0. The molecule has 2 aliphatic carbocycles. The van der Waals surface area contributed by atoms with Gasteiger partial charge in [-0.05, 0) is 22.8 Å². The third-order valence-electron chi connectivity index (χ3n) is 4.58. The zero-order chi connectivity index (χ0) is 22.0. The van der Waals surface area contributed by atoms with Crippen LogP contribution in [0.5, 0.6) is 0 Å². The van der Waals surface area contributed by atoms with E-state index in [0.29, 0.717) is 0 Å². The minimum absolute atomic E-state index is 0.0301. The van der Waals surface area contributed by atoms with Crippen LogP contribution in [0.2, 0.25) is 0 Å². The zero-order valence-electron chi connectivity index (χ0n) is 14.7. The molecule has 0 amide bonds. The summed E-state index contributed by atoms with van der Waals surface area (Å²) in [5.74, 6) is 0. The quantitative estimate of drug-likeness (QED) is 0.496. The maximum atomic E-state index is 9.58. The van der Waals surface area contributed by atoms with Gasteiger partial charge in [0, 0.05) is 16.7 Å². The molecule has 0 spiro atoms. The van der Waals surface area contributed by atoms with Crippen molar-refractivity contribution in [2.45, 2.75) is 0 Å². The first-order chi connectivity index (χ1) is 14.6. The molecule has 0 N–H and O–H groups in total. The smallest absolute Gasteiger partial charge is 0.204 e. The van der Waals surface area contributed by atoms with Gasteiger partial charge < -0.3 is 0 Å². The molecule has 0 heterocycles. The first-order valence-electron chi connectivity index (χ1n) is 7.89. The predicted molar refractivity (Wildman–Crippen MR) is 101 cm³/mol. The summed E-state index contributed by atoms with van der Waals surface area (Å²) in [6.45, 7) is 14.9. The Balaban J connectivity index is 2.59. The molecule has 0 saturated carbocycles. The summed E-state index contributed by atoms with van der Waals surface area (Å²) in [7, 11) is 0. The highest BCUT2D eigenvalue weighted by molar-refractivity contribution is 6.13. The summed E-state index contributed by atoms with van der Waals surface area (Å²) in [4.78, 5) is 6.69. The molecule has 0 atom stereocenters. The number of hydrogen-bond donors (Lipinski definition) is 0. The van der Waals surface area contributed by atoms with Gasteiger partial charge in [-0.2, -0.15) is 31.6 Å². The summed E-state index contributed by atoms with van der Waals surface area (Å²) in [6, 6.07) is 13.4. The Hall–Kier alpha value is -5.90. The zero-order valence-corrected chi connectivity index (χ0v) is 14.7. The summed E-state index contributed by atoms with van der Waals surface area (Å²) in [5.41, 5.74) is -0.417. The van der Waals surface area contributed by atoms with Crippen LogP contribution >= 0.6 is 0 Å². The first-order valence-corrected chi connectivity index (χ1v) is 7.89. The Bertz CT molecular complexity index is 1400. The molecule has 1 aromatic carbocycles. The van der Waals surface area contributed by atoms with Crippen LogP contribution in [0.3, 0.4) is 0 Å². The fourth-order valence-corrected chi connectivity index (χ4v) is 3.42. The fraction of sp³-hybridized carbons (Fsp3) is 0. The SMILES string of the molecule is [C-]#[N+]C1=C([N+]#[C-])c2cc3c(cc2C1=C(C#N)C#N)C(=C(C#N)C#N)C(C#N)=C3C#N. The van der Waals surface area contributed by atoms with Gasteiger partial charge >= 0.3 is 0 Å². The van der Waals surface area contributed by atoms with E-state index in [9.17, 15) is 31.6 Å². The predicted octanol–water partition coefficient (Wildman–Crippen LogP) is 3.62. The molecule has 0 fully saturated rings. The minimum Gasteiger partial charge on any atom is -0.249 e. The number of nitrogens with zero attached hydrogens (tertiary/aromatic N) is 8. The van der Waals surface area contributed by atoms with Crippen molar-refractivity contribution in [2.24, 2.45) is 0 Å². The summed E-state index contributed by atoms with van der Waals surface area (Å²) in [6.07, 6.45) is 0. The third-order valence-corrected chi connectivity index (χ3v) is 4.58. The second-order valence-corrected chi connectivity index (χ2v) is 5.79. The monoisotopic (exact) mass is 378 g/mol. The van der Waals surface area contributed by atoms with Gasteiger partial charge in [-0.1, -0.05) is 6.07 Å². The largest absolute Gasteiger partial charge is 0.249 e. The summed E-state index contributed by atoms with van der Waals surface area (Å²) >= 11 is 0. The Morgan fingerprint density at radius 2 is 1.07 bits per heavy atom. The molecule has 2 aliphatic rings. The van der Waals surface area contributed by atoms with Crippen LogP contribution in [0.1, 0.15) is 22.3 Å². The topological polar surface area (TPSA) is 151 Å². The highest BCUT2D eigenvalue weighted by Gasteiger charge is 2.36. The summed E-state index contributed by atoms with van der Waals surface area (Å²) < 4.78 is 0. The number of allylic oxidation sites excluding steroid dienone is 6. The van der Waals surface area contributed by atoms with Crippen LogP contribution in [-0.4, -0.2) is 0 Å². The fourth-order valence-electron chi connectivity index (χ4n) is 3.42. The highest BCUT2D eigenvalue weighted by Crippen LogP contribution is 2.50. The molecule has 0 saturated heterocycles. The maximum Gasteiger partial charge on any atom is 0.204 e. The average Bonchev–Trinajstić information content (AvgIpc) is 3.25. The molecule has 3 rings (SSSR count). The third kappa shape index (κ3) is 2.25. The number of fused-ring (bicyclic) bond motifs is 2. The molecular formula is C22H2N8. The van der Waals surface area contributed by atoms with E-state index in [4.69, 9.17) is 13.1 Å². The van der Waals surface area contributed by atoms with Gasteiger partial charge in [-0.25, -0.2) is 9.69 Å². The minimum atomic E-state index is -0.383. The molecule has 8 heteroatoms. The lowest BCUT2D eigenvalue weighted by atomic mass is 9.92. The second-order valence-electron chi connectivity index (χ2n) is 5.79. The van der Waals surface area contributed by atoms with Gasteiger partial charge in [-0.3, -0.25) is 0 Å². The maximum absolute atomic E-state index is 9.58. The van der Waals surface area contributed by atoms with Crippen LogP contribution in [0, 0.1) is 81.1 Å². The van der Waals surface area contributed by atoms with Crippen LogP contribution in [0.15, 0.2) is 34.5 Å². The van der Waals surface area contributed by atoms with Crippen LogP contribution in [0.25, 0.3) is 32.1 Å². The van der Waals surface area contributed by atoms with Crippen molar-refractivity contribution >= 4 is 22.4 Å². The first kappa shape index (κ1) is 18.9. The van der Waals surface area contributed by atoms with Crippen molar-refractivity contribution < 1.29 is 0 Å². The van der Waals surface area contributed by atoms with Crippen LogP contribution in [-0.2, 0) is 0 Å². The van der Waals surface area contributed by atoms with Crippen molar-refractivity contribution in [3.05, 3.63) is 79.6 Å². The Kier molecular flexibility index (Phi) is 4.42. The molecular weight excluding hydrogens is 376 g/mol. The molecule has 30 heavy (non-hydrogen) atoms. The van der Waals surface area contributed by atoms with Gasteiger partial charge in [0.15, 0.2) is 0 Å². The van der Waals surface area contributed by atoms with E-state index in [0.717, 1.165) is 0 Å². The highest BCUT2D eigenvalue weighted by atomic mass is 14.8. The van der Waals surface area contributed by atoms with Crippen LogP contribution in [0.4, 0.5) is 0 Å². The Morgan fingerprint density at radius 3 is 1.53 bits per heavy atom. The van der Waals surface area contributed by atoms with E-state index in [1.165, 1.54) is 12.1 Å². The van der Waals surface area contributed by atoms with Crippen molar-refractivity contribution in [1.29, 1.82) is 31.6 Å². The molecule has 0 radical (unpaired) electrons. The molecule has 130 valence electrons. The Labute approximate surface area is 170 Å². The lowest BCUT2D eigenvalue weighted by molar-refractivity contribution is 1.44. The molecule has 0 bridgehead atoms. The second kappa shape index (κ2) is 7.02. The van der Waals surface area contributed by atoms with Crippen molar-refractivity contribution in [2.75, 3.05) is 0 Å². The number of benzene rings is 1. The Morgan fingerprint density at radius 1 is 0.600 bits per heavy atom. The van der Waals surface area contributed by atoms with E-state index in [1.54, 1.807) is 24.3 Å². The van der Waals surface area contributed by atoms with Gasteiger partial charge in [0.1, 0.15) is 47.6 Å². The number of nitriles is 6. The summed E-state index contributed by atoms with van der Waals surface area (Å²) in [5, 5.41) is 56.4.